The number of carbonyl (C=O) groups excluding carboxylic acids is 1. The van der Waals surface area contributed by atoms with E-state index in [0.29, 0.717) is 5.66 Å². The van der Waals surface area contributed by atoms with Crippen molar-refractivity contribution in [2.24, 2.45) is 0 Å². The first-order chi connectivity index (χ1) is 10.6. The normalized spacial score (nSPS) is 17.2. The fourth-order valence-corrected chi connectivity index (χ4v) is 3.74. The fraction of sp³-hybridized carbons (Fsp3) is 0.588. The Morgan fingerprint density at radius 3 is 2.55 bits per heavy atom. The van der Waals surface area contributed by atoms with E-state index in [1.54, 1.807) is 0 Å². The van der Waals surface area contributed by atoms with Gasteiger partial charge in [0.15, 0.2) is 8.30 Å². The maximum atomic E-state index is 12.0. The van der Waals surface area contributed by atoms with E-state index in [9.17, 15) is 4.79 Å². The first-order valence-electron chi connectivity index (χ1n) is 8.10. The summed E-state index contributed by atoms with van der Waals surface area (Å²) in [5.41, 5.74) is 0.317. The van der Waals surface area contributed by atoms with Crippen LogP contribution in [0.25, 0.3) is 0 Å². The van der Waals surface area contributed by atoms with Crippen LogP contribution in [0.5, 0.6) is 5.75 Å². The number of hydrogen-bond acceptors (Lipinski definition) is 4. The topological polar surface area (TPSA) is 47.6 Å². The Balaban J connectivity index is 1.77. The Kier molecular flexibility index (Phi) is 7.14. The van der Waals surface area contributed by atoms with Crippen LogP contribution in [0.1, 0.15) is 46.0 Å². The molecule has 122 valence electrons. The second-order valence-corrected chi connectivity index (χ2v) is 8.09. The minimum absolute atomic E-state index is 0.114. The second-order valence-electron chi connectivity index (χ2n) is 5.91. The van der Waals surface area contributed by atoms with Crippen molar-refractivity contribution in [1.29, 1.82) is 0 Å². The molecule has 1 saturated carbocycles. The van der Waals surface area contributed by atoms with E-state index in [4.69, 9.17) is 9.26 Å². The van der Waals surface area contributed by atoms with Crippen LogP contribution < -0.4 is 9.61 Å². The van der Waals surface area contributed by atoms with Gasteiger partial charge in [0.2, 0.25) is 0 Å². The van der Waals surface area contributed by atoms with Gasteiger partial charge in [-0.1, -0.05) is 38.5 Å². The van der Waals surface area contributed by atoms with Crippen molar-refractivity contribution >= 4 is 14.3 Å². The minimum Gasteiger partial charge on any atom is -0.461 e. The number of hydrogen-bond donors (Lipinski definition) is 1. The molecule has 0 aromatic heterocycles. The Hall–Kier alpha value is -1.12. The minimum atomic E-state index is -0.902. The Bertz CT molecular complexity index is 446. The fourth-order valence-electron chi connectivity index (χ4n) is 2.47. The molecule has 1 aromatic rings. The lowest BCUT2D eigenvalue weighted by Gasteiger charge is -2.24. The molecule has 5 heteroatoms. The maximum Gasteiger partial charge on any atom is 0.320 e. The molecule has 1 unspecified atom stereocenters. The van der Waals surface area contributed by atoms with E-state index in [1.165, 1.54) is 19.3 Å². The van der Waals surface area contributed by atoms with Crippen molar-refractivity contribution in [1.82, 2.24) is 5.09 Å². The standard InChI is InChI=1S/C17H26NO3P/c1-14(2)22(21-16-11-7-4-8-12-16)18-13-17(19)20-15-9-5-3-6-10-15/h4,7-8,11-12,14-15,18H,3,5-6,9-10,13H2,1-2H3. The van der Waals surface area contributed by atoms with Gasteiger partial charge < -0.3 is 9.26 Å². The molecule has 0 bridgehead atoms. The van der Waals surface area contributed by atoms with Gasteiger partial charge in [-0.05, 0) is 37.8 Å². The van der Waals surface area contributed by atoms with Gasteiger partial charge in [0.1, 0.15) is 18.4 Å². The number of nitrogens with one attached hydrogen (secondary N) is 1. The van der Waals surface area contributed by atoms with Gasteiger partial charge >= 0.3 is 5.97 Å². The van der Waals surface area contributed by atoms with E-state index in [-0.39, 0.29) is 18.6 Å². The van der Waals surface area contributed by atoms with Crippen LogP contribution in [-0.4, -0.2) is 24.3 Å². The van der Waals surface area contributed by atoms with Crippen molar-refractivity contribution in [3.8, 4) is 5.75 Å². The number of esters is 1. The van der Waals surface area contributed by atoms with Gasteiger partial charge in [0, 0.05) is 5.66 Å². The summed E-state index contributed by atoms with van der Waals surface area (Å²) in [5, 5.41) is 3.23. The molecule has 0 radical (unpaired) electrons. The van der Waals surface area contributed by atoms with Crippen molar-refractivity contribution in [3.05, 3.63) is 30.3 Å². The molecule has 0 saturated heterocycles. The predicted octanol–water partition coefficient (Wildman–Crippen LogP) is 4.25. The molecule has 0 heterocycles. The van der Waals surface area contributed by atoms with Crippen LogP contribution >= 0.6 is 8.30 Å². The third-order valence-electron chi connectivity index (χ3n) is 3.65. The predicted molar refractivity (Wildman–Crippen MR) is 90.1 cm³/mol. The molecule has 4 nitrogen and oxygen atoms in total. The van der Waals surface area contributed by atoms with Crippen molar-refractivity contribution < 1.29 is 14.1 Å². The molecular formula is C17H26NO3P. The maximum absolute atomic E-state index is 12.0. The first kappa shape index (κ1) is 17.2. The van der Waals surface area contributed by atoms with Crippen molar-refractivity contribution in [2.45, 2.75) is 57.7 Å². The number of carbonyl (C=O) groups is 1. The lowest BCUT2D eigenvalue weighted by Crippen LogP contribution is -2.29. The third-order valence-corrected chi connectivity index (χ3v) is 5.46. The number of benzene rings is 1. The van der Waals surface area contributed by atoms with E-state index >= 15 is 0 Å². The highest BCUT2D eigenvalue weighted by atomic mass is 31.2. The zero-order chi connectivity index (χ0) is 15.8. The van der Waals surface area contributed by atoms with E-state index in [1.807, 2.05) is 30.3 Å². The van der Waals surface area contributed by atoms with Crippen LogP contribution in [0, 0.1) is 0 Å². The number of para-hydroxylation sites is 1. The molecule has 1 fully saturated rings. The summed E-state index contributed by atoms with van der Waals surface area (Å²) in [6.07, 6.45) is 5.72. The monoisotopic (exact) mass is 323 g/mol. The molecule has 1 aliphatic rings. The van der Waals surface area contributed by atoms with Crippen LogP contribution in [-0.2, 0) is 9.53 Å². The summed E-state index contributed by atoms with van der Waals surface area (Å²) in [4.78, 5) is 12.0. The highest BCUT2D eigenvalue weighted by Gasteiger charge is 2.20. The molecule has 1 aliphatic carbocycles. The van der Waals surface area contributed by atoms with Gasteiger partial charge in [0.25, 0.3) is 0 Å². The number of rotatable bonds is 7. The average molecular weight is 323 g/mol. The van der Waals surface area contributed by atoms with Crippen LogP contribution in [0.2, 0.25) is 0 Å². The zero-order valence-electron chi connectivity index (χ0n) is 13.5. The Labute approximate surface area is 134 Å². The molecule has 1 atom stereocenters. The van der Waals surface area contributed by atoms with Gasteiger partial charge in [-0.2, -0.15) is 0 Å². The first-order valence-corrected chi connectivity index (χ1v) is 9.43. The molecule has 1 aromatic carbocycles. The number of ether oxygens (including phenoxy) is 1. The largest absolute Gasteiger partial charge is 0.461 e. The lowest BCUT2D eigenvalue weighted by atomic mass is 9.98. The molecule has 22 heavy (non-hydrogen) atoms. The van der Waals surface area contributed by atoms with Gasteiger partial charge in [-0.3, -0.25) is 9.88 Å². The Morgan fingerprint density at radius 1 is 1.23 bits per heavy atom. The third kappa shape index (κ3) is 5.94. The van der Waals surface area contributed by atoms with E-state index in [0.717, 1.165) is 18.6 Å². The molecule has 0 amide bonds. The highest BCUT2D eigenvalue weighted by molar-refractivity contribution is 7.51. The average Bonchev–Trinajstić information content (AvgIpc) is 2.53. The lowest BCUT2D eigenvalue weighted by molar-refractivity contribution is -0.148. The highest BCUT2D eigenvalue weighted by Crippen LogP contribution is 2.38. The van der Waals surface area contributed by atoms with Crippen LogP contribution in [0.3, 0.4) is 0 Å². The Morgan fingerprint density at radius 2 is 1.91 bits per heavy atom. The molecule has 0 aliphatic heterocycles. The van der Waals surface area contributed by atoms with Gasteiger partial charge in [-0.25, -0.2) is 0 Å². The van der Waals surface area contributed by atoms with Crippen molar-refractivity contribution in [3.63, 3.8) is 0 Å². The van der Waals surface area contributed by atoms with E-state index in [2.05, 4.69) is 18.9 Å². The zero-order valence-corrected chi connectivity index (χ0v) is 14.4. The van der Waals surface area contributed by atoms with Crippen LogP contribution in [0.15, 0.2) is 30.3 Å². The molecule has 2 rings (SSSR count). The summed E-state index contributed by atoms with van der Waals surface area (Å²) < 4.78 is 11.5. The summed E-state index contributed by atoms with van der Waals surface area (Å²) in [7, 11) is -0.902. The quantitative estimate of drug-likeness (QED) is 0.602. The van der Waals surface area contributed by atoms with Crippen molar-refractivity contribution in [2.75, 3.05) is 6.54 Å². The van der Waals surface area contributed by atoms with Gasteiger partial charge in [0.05, 0.1) is 0 Å². The molecule has 1 N–H and O–H groups in total. The van der Waals surface area contributed by atoms with Crippen LogP contribution in [0.4, 0.5) is 0 Å². The summed E-state index contributed by atoms with van der Waals surface area (Å²) in [6.45, 7) is 4.40. The second kappa shape index (κ2) is 9.12. The SMILES string of the molecule is CC(C)P(NCC(=O)OC1CCCCC1)Oc1ccccc1. The molecule has 0 spiro atoms. The summed E-state index contributed by atoms with van der Waals surface area (Å²) in [5.74, 6) is 0.659. The van der Waals surface area contributed by atoms with Gasteiger partial charge in [-0.15, -0.1) is 0 Å². The smallest absolute Gasteiger partial charge is 0.320 e. The summed E-state index contributed by atoms with van der Waals surface area (Å²) >= 11 is 0. The van der Waals surface area contributed by atoms with E-state index < -0.39 is 8.30 Å². The summed E-state index contributed by atoms with van der Waals surface area (Å²) in [6, 6.07) is 9.71. The molecular weight excluding hydrogens is 297 g/mol.